The van der Waals surface area contributed by atoms with Gasteiger partial charge in [-0.05, 0) is 190 Å². The van der Waals surface area contributed by atoms with Gasteiger partial charge in [-0.25, -0.2) is 8.78 Å². The molecule has 326 valence electrons. The Morgan fingerprint density at radius 3 is 1.58 bits per heavy atom. The first-order valence-corrected chi connectivity index (χ1v) is 22.3. The van der Waals surface area contributed by atoms with Gasteiger partial charge in [0.05, 0.1) is 37.3 Å². The third-order valence-electron chi connectivity index (χ3n) is 11.4. The van der Waals surface area contributed by atoms with Crippen LogP contribution < -0.4 is 5.46 Å². The monoisotopic (exact) mass is 938 g/mol. The Labute approximate surface area is 372 Å². The van der Waals surface area contributed by atoms with Crippen LogP contribution in [0, 0.1) is 42.9 Å². The summed E-state index contributed by atoms with van der Waals surface area (Å²) in [5.41, 5.74) is 9.47. The molecule has 1 fully saturated rings. The number of rotatable bonds is 12. The van der Waals surface area contributed by atoms with Crippen LogP contribution in [0.15, 0.2) is 60.7 Å². The molecule has 0 amide bonds. The molecule has 4 aromatic carbocycles. The second-order valence-corrected chi connectivity index (χ2v) is 17.8. The number of hydrogen-bond donors (Lipinski definition) is 0. The molecule has 5 rings (SSSR count). The zero-order valence-corrected chi connectivity index (χ0v) is 40.5. The smallest absolute Gasteiger partial charge is 0.466 e. The van der Waals surface area contributed by atoms with E-state index in [1.165, 1.54) is 25.8 Å². The molecule has 0 unspecified atom stereocenters. The van der Waals surface area contributed by atoms with Gasteiger partial charge in [0.1, 0.15) is 11.6 Å². The maximum atomic E-state index is 14.7. The summed E-state index contributed by atoms with van der Waals surface area (Å²) in [4.78, 5) is 23.5. The summed E-state index contributed by atoms with van der Waals surface area (Å²) in [7, 11) is -0.558. The molecule has 60 heavy (non-hydrogen) atoms. The second kappa shape index (κ2) is 22.5. The number of benzene rings is 4. The number of ether oxygens (including phenoxy) is 2. The highest BCUT2D eigenvalue weighted by atomic mass is 127. The Balaban J connectivity index is 0.000000261. The van der Waals surface area contributed by atoms with Crippen LogP contribution in [0.2, 0.25) is 0 Å². The first-order valence-electron chi connectivity index (χ1n) is 21.2. The molecular weight excluding hydrogens is 872 g/mol. The second-order valence-electron chi connectivity index (χ2n) is 16.7. The van der Waals surface area contributed by atoms with Crippen LogP contribution in [0.3, 0.4) is 0 Å². The van der Waals surface area contributed by atoms with E-state index < -0.39 is 18.3 Å². The zero-order chi connectivity index (χ0) is 45.1. The summed E-state index contributed by atoms with van der Waals surface area (Å²) < 4.78 is 52.9. The van der Waals surface area contributed by atoms with Gasteiger partial charge in [0.25, 0.3) is 0 Å². The number of carbonyl (C=O) groups is 2. The highest BCUT2D eigenvalue weighted by molar-refractivity contribution is 14.1. The predicted molar refractivity (Wildman–Crippen MR) is 250 cm³/mol. The van der Waals surface area contributed by atoms with Crippen LogP contribution in [0.4, 0.5) is 8.78 Å². The molecule has 10 heteroatoms. The van der Waals surface area contributed by atoms with E-state index in [1.54, 1.807) is 39.8 Å². The van der Waals surface area contributed by atoms with Crippen LogP contribution in [0.1, 0.15) is 138 Å². The number of halogens is 3. The fourth-order valence-corrected chi connectivity index (χ4v) is 7.92. The lowest BCUT2D eigenvalue weighted by atomic mass is 9.76. The Morgan fingerprint density at radius 1 is 0.667 bits per heavy atom. The van der Waals surface area contributed by atoms with Crippen molar-refractivity contribution >= 4 is 47.1 Å². The van der Waals surface area contributed by atoms with Crippen LogP contribution in [0.5, 0.6) is 0 Å². The molecule has 0 aromatic heterocycles. The molecular formula is C50H66BF2IO6. The van der Waals surface area contributed by atoms with Gasteiger partial charge in [-0.2, -0.15) is 0 Å². The maximum absolute atomic E-state index is 14.7. The van der Waals surface area contributed by atoms with Crippen LogP contribution >= 0.6 is 22.6 Å². The minimum absolute atomic E-state index is 0.136. The van der Waals surface area contributed by atoms with Crippen molar-refractivity contribution in [2.24, 2.45) is 0 Å². The molecule has 4 aromatic rings. The molecule has 0 bridgehead atoms. The van der Waals surface area contributed by atoms with Crippen molar-refractivity contribution < 1.29 is 37.2 Å². The fraction of sp³-hybridized carbons (Fsp3) is 0.480. The van der Waals surface area contributed by atoms with E-state index in [-0.39, 0.29) is 48.3 Å². The molecule has 0 saturated carbocycles. The van der Waals surface area contributed by atoms with Crippen molar-refractivity contribution in [3.8, 4) is 11.1 Å². The lowest BCUT2D eigenvalue weighted by Gasteiger charge is -2.32. The lowest BCUT2D eigenvalue weighted by molar-refractivity contribution is -0.144. The Bertz CT molecular complexity index is 2080. The number of hydrogen-bond acceptors (Lipinski definition) is 6. The summed E-state index contributed by atoms with van der Waals surface area (Å²) >= 11 is 2.40. The van der Waals surface area contributed by atoms with Gasteiger partial charge in [0, 0.05) is 3.57 Å². The van der Waals surface area contributed by atoms with Crippen LogP contribution in [-0.4, -0.2) is 43.5 Å². The predicted octanol–water partition coefficient (Wildman–Crippen LogP) is 12.4. The Kier molecular flexibility index (Phi) is 19.0. The maximum Gasteiger partial charge on any atom is 0.494 e. The molecule has 6 nitrogen and oxygen atoms in total. The molecule has 0 radical (unpaired) electrons. The van der Waals surface area contributed by atoms with Crippen molar-refractivity contribution in [3.63, 3.8) is 0 Å². The van der Waals surface area contributed by atoms with Crippen molar-refractivity contribution in [1.82, 2.24) is 0 Å². The Hall–Kier alpha value is -3.61. The Morgan fingerprint density at radius 2 is 1.12 bits per heavy atom. The lowest BCUT2D eigenvalue weighted by Crippen LogP contribution is -2.41. The van der Waals surface area contributed by atoms with E-state index in [4.69, 9.17) is 18.8 Å². The molecule has 0 aliphatic carbocycles. The number of carbonyl (C=O) groups excluding carboxylic acids is 2. The largest absolute Gasteiger partial charge is 0.494 e. The average molecular weight is 939 g/mol. The molecule has 2 atom stereocenters. The van der Waals surface area contributed by atoms with E-state index in [0.717, 1.165) is 29.4 Å². The van der Waals surface area contributed by atoms with E-state index in [9.17, 15) is 18.4 Å². The summed E-state index contributed by atoms with van der Waals surface area (Å²) in [5.74, 6) is -1.66. The summed E-state index contributed by atoms with van der Waals surface area (Å²) in [6.07, 6.45) is 2.38. The van der Waals surface area contributed by atoms with Gasteiger partial charge in [-0.3, -0.25) is 9.59 Å². The summed E-state index contributed by atoms with van der Waals surface area (Å²) in [6, 6.07) is 20.0. The fourth-order valence-electron chi connectivity index (χ4n) is 7.18. The minimum Gasteiger partial charge on any atom is -0.466 e. The van der Waals surface area contributed by atoms with Gasteiger partial charge in [-0.15, -0.1) is 0 Å². The third kappa shape index (κ3) is 13.0. The zero-order valence-electron chi connectivity index (χ0n) is 38.3. The molecule has 1 saturated heterocycles. The molecule has 0 spiro atoms. The molecule has 1 aliphatic rings. The standard InChI is InChI=1S/C22H27FO2.C19H28BFO4.C9H11I/c1-6-17-10-8-9-14(3)21(17)18-11-16(5)22(23)19(13-18)15(4)12-20(24)25-7-2;1-8-23-16(22)10-12(2)15-11-14(9-13(3)17(15)21)20-24-18(4,5)19(6,7)25-20;1-3-8-6-4-5-7(2)9(8)10/h8-11,13,15H,6-7,12H2,1-5H3;9,11-12H,8,10H2,1-7H3;4-6H,3H2,1-2H3/t15-;12-;/m00./s1. The van der Waals surface area contributed by atoms with Gasteiger partial charge < -0.3 is 18.8 Å². The SMILES string of the molecule is CCOC(=O)C[C@H](C)c1cc(-c2c(C)cccc2CC)cc(C)c1F.CCOC(=O)C[C@H](C)c1cc(B2OC(C)(C)C(C)(C)O2)cc(C)c1F.CCc1cccc(C)c1I. The first-order chi connectivity index (χ1) is 28.1. The van der Waals surface area contributed by atoms with Crippen LogP contribution in [0.25, 0.3) is 11.1 Å². The minimum atomic E-state index is -0.558. The van der Waals surface area contributed by atoms with Gasteiger partial charge in [-0.1, -0.05) is 76.2 Å². The topological polar surface area (TPSA) is 71.1 Å². The first kappa shape index (κ1) is 50.7. The highest BCUT2D eigenvalue weighted by Gasteiger charge is 2.52. The van der Waals surface area contributed by atoms with E-state index >= 15 is 0 Å². The number of esters is 2. The van der Waals surface area contributed by atoms with Crippen molar-refractivity contribution in [1.29, 1.82) is 0 Å². The highest BCUT2D eigenvalue weighted by Crippen LogP contribution is 2.37. The van der Waals surface area contributed by atoms with Crippen molar-refractivity contribution in [2.75, 3.05) is 13.2 Å². The number of aryl methyl sites for hydroxylation is 6. The average Bonchev–Trinajstić information content (AvgIpc) is 3.40. The van der Waals surface area contributed by atoms with Crippen molar-refractivity contribution in [2.45, 2.75) is 146 Å². The normalized spacial score (nSPS) is 14.9. The van der Waals surface area contributed by atoms with Gasteiger partial charge >= 0.3 is 19.1 Å². The molecule has 1 heterocycles. The van der Waals surface area contributed by atoms with E-state index in [1.807, 2.05) is 53.7 Å². The van der Waals surface area contributed by atoms with E-state index in [2.05, 4.69) is 86.7 Å². The quantitative estimate of drug-likeness (QED) is 0.0801. The van der Waals surface area contributed by atoms with Crippen molar-refractivity contribution in [3.05, 3.63) is 120 Å². The van der Waals surface area contributed by atoms with Gasteiger partial charge in [0.2, 0.25) is 0 Å². The summed E-state index contributed by atoms with van der Waals surface area (Å²) in [5, 5.41) is 0. The summed E-state index contributed by atoms with van der Waals surface area (Å²) in [6.45, 7) is 27.9. The third-order valence-corrected chi connectivity index (χ3v) is 13.0. The molecule has 0 N–H and O–H groups in total. The van der Waals surface area contributed by atoms with Crippen LogP contribution in [-0.2, 0) is 41.2 Å². The molecule has 1 aliphatic heterocycles. The van der Waals surface area contributed by atoms with Gasteiger partial charge in [0.15, 0.2) is 0 Å². The van der Waals surface area contributed by atoms with E-state index in [0.29, 0.717) is 35.5 Å².